The smallest absolute Gasteiger partial charge is 0.255 e. The maximum absolute atomic E-state index is 14.0. The Morgan fingerprint density at radius 3 is 2.48 bits per heavy atom. The lowest BCUT2D eigenvalue weighted by atomic mass is 9.97. The average Bonchev–Trinajstić information content (AvgIpc) is 2.58. The van der Waals surface area contributed by atoms with Gasteiger partial charge in [-0.1, -0.05) is 0 Å². The van der Waals surface area contributed by atoms with E-state index in [9.17, 15) is 27.0 Å². The van der Waals surface area contributed by atoms with Crippen molar-refractivity contribution in [3.05, 3.63) is 64.5 Å². The summed E-state index contributed by atoms with van der Waals surface area (Å²) in [6.45, 7) is 4.87. The molecule has 27 heavy (non-hydrogen) atoms. The second kappa shape index (κ2) is 7.96. The van der Waals surface area contributed by atoms with Crippen LogP contribution in [-0.4, -0.2) is 19.7 Å². The van der Waals surface area contributed by atoms with E-state index < -0.39 is 45.0 Å². The van der Waals surface area contributed by atoms with Gasteiger partial charge in [0.15, 0.2) is 0 Å². The van der Waals surface area contributed by atoms with Crippen molar-refractivity contribution in [3.8, 4) is 6.07 Å². The molecule has 0 spiro atoms. The molecule has 1 aromatic carbocycles. The normalized spacial score (nSPS) is 13.5. The van der Waals surface area contributed by atoms with Crippen LogP contribution in [0.25, 0.3) is 0 Å². The molecule has 0 aliphatic rings. The van der Waals surface area contributed by atoms with Gasteiger partial charge in [0.1, 0.15) is 34.4 Å². The zero-order valence-electron chi connectivity index (χ0n) is 14.6. The SMILES string of the molecule is CC(C)(C)S(=O)/N=C(\c1ccnc(C(F)F)c1)c1cc(F)cc(F)c1C#N. The van der Waals surface area contributed by atoms with E-state index >= 15 is 0 Å². The van der Waals surface area contributed by atoms with Crippen LogP contribution < -0.4 is 0 Å². The van der Waals surface area contributed by atoms with Crippen LogP contribution in [0.15, 0.2) is 34.9 Å². The number of aromatic nitrogens is 1. The Hall–Kier alpha value is -2.60. The first-order valence-electron chi connectivity index (χ1n) is 7.69. The summed E-state index contributed by atoms with van der Waals surface area (Å²) < 4.78 is 69.5. The first-order chi connectivity index (χ1) is 12.5. The van der Waals surface area contributed by atoms with E-state index in [1.807, 2.05) is 0 Å². The number of nitrogens with zero attached hydrogens (tertiary/aromatic N) is 3. The van der Waals surface area contributed by atoms with Gasteiger partial charge < -0.3 is 0 Å². The molecule has 142 valence electrons. The van der Waals surface area contributed by atoms with E-state index in [0.29, 0.717) is 6.07 Å². The topological polar surface area (TPSA) is 66.1 Å². The Balaban J connectivity index is 2.81. The van der Waals surface area contributed by atoms with Gasteiger partial charge in [-0.25, -0.2) is 21.8 Å². The number of hydrogen-bond acceptors (Lipinski definition) is 3. The molecule has 1 unspecified atom stereocenters. The molecule has 0 saturated carbocycles. The summed E-state index contributed by atoms with van der Waals surface area (Å²) in [5.74, 6) is -2.12. The largest absolute Gasteiger partial charge is 0.280 e. The van der Waals surface area contributed by atoms with E-state index in [2.05, 4.69) is 9.38 Å². The third-order valence-corrected chi connectivity index (χ3v) is 4.79. The van der Waals surface area contributed by atoms with E-state index in [-0.39, 0.29) is 16.8 Å². The highest BCUT2D eigenvalue weighted by Crippen LogP contribution is 2.24. The molecule has 4 nitrogen and oxygen atoms in total. The van der Waals surface area contributed by atoms with Crippen molar-refractivity contribution >= 4 is 16.7 Å². The fourth-order valence-corrected chi connectivity index (χ4v) is 2.71. The summed E-state index contributed by atoms with van der Waals surface area (Å²) in [7, 11) is -1.88. The first-order valence-corrected chi connectivity index (χ1v) is 8.80. The zero-order chi connectivity index (χ0) is 20.4. The number of nitriles is 1. The highest BCUT2D eigenvalue weighted by atomic mass is 32.2. The van der Waals surface area contributed by atoms with E-state index in [1.54, 1.807) is 26.8 Å². The van der Waals surface area contributed by atoms with Gasteiger partial charge in [0.2, 0.25) is 0 Å². The minimum Gasteiger partial charge on any atom is -0.255 e. The fraction of sp³-hybridized carbons (Fsp3) is 0.278. The van der Waals surface area contributed by atoms with E-state index in [1.165, 1.54) is 6.07 Å². The second-order valence-corrected chi connectivity index (χ2v) is 8.40. The van der Waals surface area contributed by atoms with Gasteiger partial charge >= 0.3 is 0 Å². The maximum atomic E-state index is 14.0. The first kappa shape index (κ1) is 20.7. The van der Waals surface area contributed by atoms with Crippen LogP contribution in [0.3, 0.4) is 0 Å². The molecule has 0 radical (unpaired) electrons. The maximum Gasteiger partial charge on any atom is 0.280 e. The van der Waals surface area contributed by atoms with Crippen molar-refractivity contribution in [2.24, 2.45) is 4.40 Å². The van der Waals surface area contributed by atoms with Crippen LogP contribution in [-0.2, 0) is 11.0 Å². The molecule has 1 aromatic heterocycles. The van der Waals surface area contributed by atoms with Gasteiger partial charge in [-0.15, -0.1) is 0 Å². The van der Waals surface area contributed by atoms with Crippen molar-refractivity contribution in [2.75, 3.05) is 0 Å². The van der Waals surface area contributed by atoms with Crippen LogP contribution in [0.1, 0.15) is 49.6 Å². The molecular weight excluding hydrogens is 382 g/mol. The highest BCUT2D eigenvalue weighted by molar-refractivity contribution is 7.85. The summed E-state index contributed by atoms with van der Waals surface area (Å²) in [5, 5.41) is 9.25. The van der Waals surface area contributed by atoms with Gasteiger partial charge in [-0.2, -0.15) is 9.66 Å². The molecule has 2 aromatic rings. The van der Waals surface area contributed by atoms with Gasteiger partial charge in [0.05, 0.1) is 16.0 Å². The average molecular weight is 397 g/mol. The number of alkyl halides is 2. The highest BCUT2D eigenvalue weighted by Gasteiger charge is 2.24. The van der Waals surface area contributed by atoms with Crippen LogP contribution in [0.4, 0.5) is 17.6 Å². The third kappa shape index (κ3) is 4.77. The van der Waals surface area contributed by atoms with Crippen LogP contribution >= 0.6 is 0 Å². The molecule has 0 fully saturated rings. The quantitative estimate of drug-likeness (QED) is 0.565. The fourth-order valence-electron chi connectivity index (χ4n) is 2.07. The third-order valence-electron chi connectivity index (χ3n) is 3.40. The van der Waals surface area contributed by atoms with Crippen molar-refractivity contribution in [2.45, 2.75) is 31.9 Å². The Bertz CT molecular complexity index is 962. The molecule has 1 atom stereocenters. The Morgan fingerprint density at radius 1 is 1.26 bits per heavy atom. The Labute approximate surface area is 156 Å². The minimum atomic E-state index is -2.89. The van der Waals surface area contributed by atoms with Crippen LogP contribution in [0, 0.1) is 23.0 Å². The summed E-state index contributed by atoms with van der Waals surface area (Å²) in [6, 6.07) is 5.25. The number of benzene rings is 1. The Morgan fingerprint density at radius 2 is 1.93 bits per heavy atom. The van der Waals surface area contributed by atoms with Crippen molar-refractivity contribution < 1.29 is 21.8 Å². The Kier molecular flexibility index (Phi) is 6.11. The lowest BCUT2D eigenvalue weighted by molar-refractivity contribution is 0.146. The van der Waals surface area contributed by atoms with Gasteiger partial charge in [0.25, 0.3) is 6.43 Å². The van der Waals surface area contributed by atoms with E-state index in [0.717, 1.165) is 18.3 Å². The van der Waals surface area contributed by atoms with Crippen LogP contribution in [0.2, 0.25) is 0 Å². The van der Waals surface area contributed by atoms with Crippen molar-refractivity contribution in [1.29, 1.82) is 5.26 Å². The van der Waals surface area contributed by atoms with Gasteiger partial charge in [0, 0.05) is 23.4 Å². The zero-order valence-corrected chi connectivity index (χ0v) is 15.5. The molecule has 0 aliphatic heterocycles. The van der Waals surface area contributed by atoms with Crippen molar-refractivity contribution in [3.63, 3.8) is 0 Å². The van der Waals surface area contributed by atoms with Gasteiger partial charge in [-0.3, -0.25) is 4.98 Å². The number of pyridine rings is 1. The minimum absolute atomic E-state index is 0.0133. The van der Waals surface area contributed by atoms with E-state index in [4.69, 9.17) is 0 Å². The number of hydrogen-bond donors (Lipinski definition) is 0. The molecule has 0 saturated heterocycles. The number of rotatable bonds is 4. The molecular formula is C18H15F4N3OS. The van der Waals surface area contributed by atoms with Gasteiger partial charge in [-0.05, 0) is 39.0 Å². The number of halogens is 4. The predicted octanol–water partition coefficient (Wildman–Crippen LogP) is 4.47. The van der Waals surface area contributed by atoms with Crippen molar-refractivity contribution in [1.82, 2.24) is 4.98 Å². The standard InChI is InChI=1S/C18H15F4N3OS/c1-18(2,3)27(26)25-16(10-4-5-24-15(6-10)17(21)22)12-7-11(19)8-14(20)13(12)9-23/h4-8,17H,1-3H3/b25-16+. The predicted molar refractivity (Wildman–Crippen MR) is 93.8 cm³/mol. The molecule has 1 heterocycles. The molecule has 9 heteroatoms. The molecule has 2 rings (SSSR count). The second-order valence-electron chi connectivity index (χ2n) is 6.49. The molecule has 0 amide bonds. The summed E-state index contributed by atoms with van der Waals surface area (Å²) in [5.41, 5.74) is -1.62. The molecule has 0 bridgehead atoms. The molecule has 0 aliphatic carbocycles. The summed E-state index contributed by atoms with van der Waals surface area (Å²) in [6.07, 6.45) is -1.81. The summed E-state index contributed by atoms with van der Waals surface area (Å²) >= 11 is 0. The lowest BCUT2D eigenvalue weighted by Crippen LogP contribution is -2.22. The lowest BCUT2D eigenvalue weighted by Gasteiger charge is -2.16. The van der Waals surface area contributed by atoms with Crippen LogP contribution in [0.5, 0.6) is 0 Å². The summed E-state index contributed by atoms with van der Waals surface area (Å²) in [4.78, 5) is 3.53. The molecule has 0 N–H and O–H groups in total. The monoisotopic (exact) mass is 397 g/mol.